The molecule has 8 N–H and O–H groups in total. The van der Waals surface area contributed by atoms with Gasteiger partial charge in [0.05, 0.1) is 25.1 Å². The number of phenolic OH excluding ortho intramolecular Hbond substituents is 1. The summed E-state index contributed by atoms with van der Waals surface area (Å²) in [6, 6.07) is 5.89. The van der Waals surface area contributed by atoms with Crippen LogP contribution >= 0.6 is 0 Å². The first-order chi connectivity index (χ1) is 25.7. The molecule has 1 saturated carbocycles. The number of hydrogen-bond acceptors (Lipinski definition) is 9. The standard InChI is InChI=1S/C43H58N4O6/c1-53-42-20-31-10-15-40(51)36(39(50)5-3-2-4-27-18-32-8-13-35(49)22-38(32)46-25-27)14-9-29(37(31)23-41(42)52)6-11-34(48)12-7-30-21-43(44)47-26-33(30)19-28-16-17-45-24-28/h16-17,20-21,23-24,27,29,32,34,36,38-39,45-48,50,52H,2-8,10-13,15,18-19,22,25-26,44H2,1H3/t27-,29+,32+,34-,36+,38+,39+/m0/s1. The third kappa shape index (κ3) is 10.3. The lowest BCUT2D eigenvalue weighted by Gasteiger charge is -2.39. The SMILES string of the molecule is COc1cc2c(cc1O)[C@H](CC[C@H](O)CCC1=C(Cc3cc[nH]c3)CNC(N)=C1)C#C[C@H]([C@H](O)CCCC[C@@H]1CN[C@@H]3CC(=O)CC[C@@H]3C1)C(=O)CC2. The second-order valence-electron chi connectivity index (χ2n) is 15.8. The number of hydrogen-bond donors (Lipinski definition) is 7. The minimum atomic E-state index is -0.858. The monoisotopic (exact) mass is 726 g/mol. The van der Waals surface area contributed by atoms with Crippen molar-refractivity contribution in [3.05, 3.63) is 70.3 Å². The second kappa shape index (κ2) is 18.3. The number of unbranched alkanes of at least 4 members (excludes halogenated alkanes) is 1. The zero-order chi connectivity index (χ0) is 37.3. The normalized spacial score (nSPS) is 25.7. The highest BCUT2D eigenvalue weighted by Gasteiger charge is 2.34. The molecule has 1 aromatic heterocycles. The first kappa shape index (κ1) is 38.7. The van der Waals surface area contributed by atoms with Gasteiger partial charge in [0.25, 0.3) is 0 Å². The third-order valence-electron chi connectivity index (χ3n) is 12.0. The Balaban J connectivity index is 1.08. The number of aryl methyl sites for hydroxylation is 1. The van der Waals surface area contributed by atoms with Crippen LogP contribution in [0.15, 0.2) is 53.6 Å². The minimum Gasteiger partial charge on any atom is -0.504 e. The van der Waals surface area contributed by atoms with Crippen molar-refractivity contribution in [2.75, 3.05) is 20.2 Å². The van der Waals surface area contributed by atoms with Crippen molar-refractivity contribution in [2.24, 2.45) is 23.5 Å². The number of fused-ring (bicyclic) bond motifs is 2. The van der Waals surface area contributed by atoms with Crippen molar-refractivity contribution in [1.29, 1.82) is 0 Å². The van der Waals surface area contributed by atoms with Crippen LogP contribution in [-0.4, -0.2) is 70.3 Å². The van der Waals surface area contributed by atoms with Gasteiger partial charge < -0.3 is 41.4 Å². The van der Waals surface area contributed by atoms with Crippen molar-refractivity contribution >= 4 is 11.6 Å². The van der Waals surface area contributed by atoms with E-state index in [1.807, 2.05) is 18.5 Å². The van der Waals surface area contributed by atoms with Crippen molar-refractivity contribution < 1.29 is 29.6 Å². The summed E-state index contributed by atoms with van der Waals surface area (Å²) in [6.45, 7) is 1.62. The number of aliphatic hydroxyl groups excluding tert-OH is 2. The first-order valence-electron chi connectivity index (χ1n) is 19.7. The molecule has 10 heteroatoms. The summed E-state index contributed by atoms with van der Waals surface area (Å²) >= 11 is 0. The first-order valence-corrected chi connectivity index (χ1v) is 19.7. The number of ether oxygens (including phenoxy) is 1. The van der Waals surface area contributed by atoms with Crippen molar-refractivity contribution in [1.82, 2.24) is 15.6 Å². The lowest BCUT2D eigenvalue weighted by Crippen LogP contribution is -2.48. The molecule has 1 aromatic carbocycles. The van der Waals surface area contributed by atoms with Crippen LogP contribution < -0.4 is 21.1 Å². The number of carbonyl (C=O) groups is 2. The Hall–Kier alpha value is -4.04. The van der Waals surface area contributed by atoms with Crippen LogP contribution in [0.3, 0.4) is 0 Å². The number of rotatable bonds is 15. The number of benzene rings is 1. The summed E-state index contributed by atoms with van der Waals surface area (Å²) in [5.74, 6) is 7.86. The van der Waals surface area contributed by atoms with Gasteiger partial charge in [-0.15, -0.1) is 0 Å². The van der Waals surface area contributed by atoms with E-state index in [1.165, 1.54) is 18.2 Å². The number of aromatic amines is 1. The number of H-pyrrole nitrogens is 1. The Morgan fingerprint density at radius 3 is 2.74 bits per heavy atom. The summed E-state index contributed by atoms with van der Waals surface area (Å²) in [5.41, 5.74) is 11.4. The number of nitrogens with one attached hydrogen (secondary N) is 3. The van der Waals surface area contributed by atoms with Gasteiger partial charge in [-0.1, -0.05) is 24.7 Å². The summed E-state index contributed by atoms with van der Waals surface area (Å²) in [5, 5.41) is 40.2. The van der Waals surface area contributed by atoms with Gasteiger partial charge in [-0.2, -0.15) is 0 Å². The van der Waals surface area contributed by atoms with Crippen LogP contribution in [-0.2, 0) is 22.4 Å². The molecule has 6 rings (SSSR count). The quantitative estimate of drug-likeness (QED) is 0.0978. The lowest BCUT2D eigenvalue weighted by atomic mass is 9.74. The molecule has 0 radical (unpaired) electrons. The summed E-state index contributed by atoms with van der Waals surface area (Å²) < 4.78 is 5.41. The molecule has 3 heterocycles. The van der Waals surface area contributed by atoms with Crippen LogP contribution in [0.1, 0.15) is 106 Å². The van der Waals surface area contributed by atoms with Gasteiger partial charge in [0, 0.05) is 50.2 Å². The molecule has 0 spiro atoms. The molecular weight excluding hydrogens is 668 g/mol. The maximum absolute atomic E-state index is 13.5. The summed E-state index contributed by atoms with van der Waals surface area (Å²) in [4.78, 5) is 28.5. The van der Waals surface area contributed by atoms with E-state index >= 15 is 0 Å². The molecule has 2 fully saturated rings. The summed E-state index contributed by atoms with van der Waals surface area (Å²) in [7, 11) is 1.51. The highest BCUT2D eigenvalue weighted by Crippen LogP contribution is 2.37. The van der Waals surface area contributed by atoms with Crippen LogP contribution in [0.5, 0.6) is 11.5 Å². The van der Waals surface area contributed by atoms with E-state index in [0.29, 0.717) is 93.1 Å². The van der Waals surface area contributed by atoms with E-state index < -0.39 is 18.1 Å². The van der Waals surface area contributed by atoms with E-state index in [1.54, 1.807) is 12.1 Å². The topological polar surface area (TPSA) is 170 Å². The maximum atomic E-state index is 13.5. The van der Waals surface area contributed by atoms with Gasteiger partial charge in [-0.05, 0) is 135 Å². The zero-order valence-corrected chi connectivity index (χ0v) is 31.2. The number of dihydropyridines is 1. The van der Waals surface area contributed by atoms with Crippen molar-refractivity contribution in [3.63, 3.8) is 0 Å². The van der Waals surface area contributed by atoms with Gasteiger partial charge >= 0.3 is 0 Å². The Kier molecular flexibility index (Phi) is 13.4. The van der Waals surface area contributed by atoms with Crippen LogP contribution in [0.25, 0.3) is 0 Å². The number of allylic oxidation sites excluding steroid dienone is 2. The predicted molar refractivity (Wildman–Crippen MR) is 205 cm³/mol. The molecule has 1 saturated heterocycles. The molecule has 2 aromatic rings. The number of phenols is 1. The minimum absolute atomic E-state index is 0.0126. The van der Waals surface area contributed by atoms with E-state index in [-0.39, 0.29) is 23.9 Å². The molecule has 0 unspecified atom stereocenters. The van der Waals surface area contributed by atoms with Gasteiger partial charge in [-0.25, -0.2) is 0 Å². The van der Waals surface area contributed by atoms with Crippen LogP contribution in [0.4, 0.5) is 0 Å². The van der Waals surface area contributed by atoms with E-state index in [2.05, 4.69) is 33.5 Å². The fraction of sp³-hybridized carbons (Fsp3) is 0.581. The molecule has 286 valence electrons. The number of nitrogens with two attached hydrogens (primary N) is 1. The van der Waals surface area contributed by atoms with Crippen LogP contribution in [0, 0.1) is 29.6 Å². The second-order valence-corrected chi connectivity index (χ2v) is 15.8. The smallest absolute Gasteiger partial charge is 0.160 e. The predicted octanol–water partition coefficient (Wildman–Crippen LogP) is 5.08. The number of carbonyl (C=O) groups excluding carboxylic acids is 2. The zero-order valence-electron chi connectivity index (χ0n) is 31.2. The number of Topliss-reactive ketones (excluding diaryl/α,β-unsaturated/α-hetero) is 2. The van der Waals surface area contributed by atoms with Gasteiger partial charge in [0.15, 0.2) is 17.3 Å². The largest absolute Gasteiger partial charge is 0.504 e. The number of aromatic nitrogens is 1. The molecule has 7 atom stereocenters. The lowest BCUT2D eigenvalue weighted by molar-refractivity contribution is -0.124. The van der Waals surface area contributed by atoms with Crippen molar-refractivity contribution in [3.8, 4) is 23.3 Å². The third-order valence-corrected chi connectivity index (χ3v) is 12.0. The highest BCUT2D eigenvalue weighted by molar-refractivity contribution is 5.85. The molecule has 0 amide bonds. The molecule has 2 aliphatic carbocycles. The molecular formula is C43H58N4O6. The maximum Gasteiger partial charge on any atom is 0.160 e. The Bertz CT molecular complexity index is 1700. The number of methoxy groups -OCH3 is 1. The average molecular weight is 727 g/mol. The number of aliphatic hydroxyl groups is 2. The van der Waals surface area contributed by atoms with E-state index in [9.17, 15) is 24.9 Å². The van der Waals surface area contributed by atoms with Crippen molar-refractivity contribution in [2.45, 2.75) is 120 Å². The number of aromatic hydroxyl groups is 1. The Labute approximate surface area is 314 Å². The highest BCUT2D eigenvalue weighted by atomic mass is 16.5. The molecule has 10 nitrogen and oxygen atoms in total. The number of piperidine rings is 1. The Morgan fingerprint density at radius 1 is 1.06 bits per heavy atom. The van der Waals surface area contributed by atoms with E-state index in [4.69, 9.17) is 10.5 Å². The van der Waals surface area contributed by atoms with Gasteiger partial charge in [-0.3, -0.25) is 9.59 Å². The average Bonchev–Trinajstić information content (AvgIpc) is 3.68. The molecule has 0 bridgehead atoms. The molecule has 53 heavy (non-hydrogen) atoms. The Morgan fingerprint density at radius 2 is 1.92 bits per heavy atom. The molecule has 2 aliphatic heterocycles. The fourth-order valence-corrected chi connectivity index (χ4v) is 8.84. The fourth-order valence-electron chi connectivity index (χ4n) is 8.84. The van der Waals surface area contributed by atoms with E-state index in [0.717, 1.165) is 61.8 Å². The summed E-state index contributed by atoms with van der Waals surface area (Å²) in [6.07, 6.45) is 15.1. The molecule has 4 aliphatic rings. The number of ketones is 2. The van der Waals surface area contributed by atoms with Gasteiger partial charge in [0.1, 0.15) is 11.7 Å². The van der Waals surface area contributed by atoms with Gasteiger partial charge in [0.2, 0.25) is 0 Å². The van der Waals surface area contributed by atoms with Crippen LogP contribution in [0.2, 0.25) is 0 Å².